The molecule has 1 heterocycles. The van der Waals surface area contributed by atoms with Gasteiger partial charge in [-0.25, -0.2) is 0 Å². The van der Waals surface area contributed by atoms with Gasteiger partial charge in [-0.05, 0) is 45.8 Å². The lowest BCUT2D eigenvalue weighted by atomic mass is 9.86. The summed E-state index contributed by atoms with van der Waals surface area (Å²) >= 11 is 0. The van der Waals surface area contributed by atoms with E-state index in [1.54, 1.807) is 0 Å². The number of likely N-dealkylation sites (N-methyl/N-ethyl adjacent to an activating group) is 1. The van der Waals surface area contributed by atoms with Crippen LogP contribution in [0.2, 0.25) is 0 Å². The summed E-state index contributed by atoms with van der Waals surface area (Å²) in [5.41, 5.74) is 0. The fraction of sp³-hybridized carbons (Fsp3) is 0.867. The molecule has 2 rings (SSSR count). The van der Waals surface area contributed by atoms with E-state index in [4.69, 9.17) is 4.52 Å². The monoisotopic (exact) mass is 280 g/mol. The maximum Gasteiger partial charge on any atom is 0.229 e. The lowest BCUT2D eigenvalue weighted by Gasteiger charge is -2.25. The fourth-order valence-corrected chi connectivity index (χ4v) is 2.96. The van der Waals surface area contributed by atoms with E-state index in [1.165, 1.54) is 12.8 Å². The average molecular weight is 280 g/mol. The molecule has 0 spiro atoms. The van der Waals surface area contributed by atoms with E-state index in [-0.39, 0.29) is 0 Å². The maximum atomic E-state index is 5.47. The van der Waals surface area contributed by atoms with Crippen molar-refractivity contribution in [2.24, 2.45) is 0 Å². The van der Waals surface area contributed by atoms with E-state index < -0.39 is 0 Å². The Labute approximate surface area is 122 Å². The quantitative estimate of drug-likeness (QED) is 0.830. The molecule has 0 aromatic carbocycles. The Bertz CT molecular complexity index is 381. The molecule has 0 radical (unpaired) electrons. The van der Waals surface area contributed by atoms with E-state index >= 15 is 0 Å². The van der Waals surface area contributed by atoms with Gasteiger partial charge in [-0.3, -0.25) is 0 Å². The predicted molar refractivity (Wildman–Crippen MR) is 79.8 cm³/mol. The van der Waals surface area contributed by atoms with Gasteiger partial charge in [0.1, 0.15) is 0 Å². The number of hydrogen-bond acceptors (Lipinski definition) is 5. The molecule has 1 aromatic heterocycles. The van der Waals surface area contributed by atoms with Crippen LogP contribution in [0.3, 0.4) is 0 Å². The summed E-state index contributed by atoms with van der Waals surface area (Å²) in [6.07, 6.45) is 5.61. The first-order valence-corrected chi connectivity index (χ1v) is 7.98. The number of rotatable bonds is 7. The highest BCUT2D eigenvalue weighted by atomic mass is 16.5. The fourth-order valence-electron chi connectivity index (χ4n) is 2.96. The van der Waals surface area contributed by atoms with Gasteiger partial charge in [0.25, 0.3) is 0 Å². The second kappa shape index (κ2) is 7.74. The first kappa shape index (κ1) is 15.4. The van der Waals surface area contributed by atoms with Crippen LogP contribution < -0.4 is 5.32 Å². The highest BCUT2D eigenvalue weighted by molar-refractivity contribution is 4.97. The van der Waals surface area contributed by atoms with Crippen molar-refractivity contribution in [1.29, 1.82) is 0 Å². The van der Waals surface area contributed by atoms with Crippen LogP contribution in [-0.4, -0.2) is 47.8 Å². The van der Waals surface area contributed by atoms with Crippen molar-refractivity contribution in [3.63, 3.8) is 0 Å². The third-order valence-electron chi connectivity index (χ3n) is 4.51. The lowest BCUT2D eigenvalue weighted by molar-refractivity contribution is 0.285. The molecule has 0 atom stereocenters. The highest BCUT2D eigenvalue weighted by Crippen LogP contribution is 2.31. The zero-order chi connectivity index (χ0) is 14.4. The molecule has 1 aliphatic carbocycles. The summed E-state index contributed by atoms with van der Waals surface area (Å²) in [4.78, 5) is 6.98. The Morgan fingerprint density at radius 2 is 1.90 bits per heavy atom. The molecule has 20 heavy (non-hydrogen) atoms. The van der Waals surface area contributed by atoms with E-state index in [9.17, 15) is 0 Å². The van der Waals surface area contributed by atoms with Crippen molar-refractivity contribution >= 4 is 0 Å². The number of nitrogens with zero attached hydrogens (tertiary/aromatic N) is 3. The minimum atomic E-state index is 0.467. The molecule has 0 amide bonds. The van der Waals surface area contributed by atoms with Crippen LogP contribution in [0.25, 0.3) is 0 Å². The molecule has 5 heteroatoms. The number of aromatic nitrogens is 2. The zero-order valence-corrected chi connectivity index (χ0v) is 13.1. The Balaban J connectivity index is 1.83. The van der Waals surface area contributed by atoms with E-state index in [2.05, 4.69) is 34.2 Å². The van der Waals surface area contributed by atoms with Crippen LogP contribution in [0, 0.1) is 0 Å². The largest absolute Gasteiger partial charge is 0.339 e. The van der Waals surface area contributed by atoms with Crippen LogP contribution in [0.15, 0.2) is 4.52 Å². The van der Waals surface area contributed by atoms with Gasteiger partial charge in [-0.1, -0.05) is 19.0 Å². The van der Waals surface area contributed by atoms with Crippen molar-refractivity contribution in [3.8, 4) is 0 Å². The Kier molecular flexibility index (Phi) is 5.98. The molecule has 1 N–H and O–H groups in total. The molecular weight excluding hydrogens is 252 g/mol. The molecule has 1 aliphatic rings. The summed E-state index contributed by atoms with van der Waals surface area (Å²) in [6, 6.07) is 0.663. The van der Waals surface area contributed by atoms with Crippen molar-refractivity contribution in [3.05, 3.63) is 11.7 Å². The van der Waals surface area contributed by atoms with Gasteiger partial charge < -0.3 is 14.7 Å². The maximum absolute atomic E-state index is 5.47. The van der Waals surface area contributed by atoms with Crippen LogP contribution in [0.4, 0.5) is 0 Å². The van der Waals surface area contributed by atoms with Crippen LogP contribution in [0.1, 0.15) is 57.2 Å². The smallest absolute Gasteiger partial charge is 0.229 e. The van der Waals surface area contributed by atoms with Gasteiger partial charge in [0.15, 0.2) is 5.82 Å². The summed E-state index contributed by atoms with van der Waals surface area (Å²) in [6.45, 7) is 7.54. The standard InChI is InChI=1S/C15H28N4O/c1-4-19(5-2)11-10-14-17-15(20-18-14)12-6-8-13(16-3)9-7-12/h12-13,16H,4-11H2,1-3H3. The molecule has 1 fully saturated rings. The van der Waals surface area contributed by atoms with Gasteiger partial charge in [0.2, 0.25) is 5.89 Å². The third kappa shape index (κ3) is 4.03. The SMILES string of the molecule is CCN(CC)CCc1noc(C2CCC(NC)CC2)n1. The van der Waals surface area contributed by atoms with Crippen LogP contribution in [0.5, 0.6) is 0 Å². The molecule has 1 aromatic rings. The van der Waals surface area contributed by atoms with E-state index in [1.807, 2.05) is 7.05 Å². The Morgan fingerprint density at radius 3 is 2.50 bits per heavy atom. The molecule has 1 saturated carbocycles. The predicted octanol–water partition coefficient (Wildman–Crippen LogP) is 2.20. The summed E-state index contributed by atoms with van der Waals surface area (Å²) in [5.74, 6) is 2.19. The molecule has 0 bridgehead atoms. The third-order valence-corrected chi connectivity index (χ3v) is 4.51. The van der Waals surface area contributed by atoms with Crippen molar-refractivity contribution in [2.45, 2.75) is 57.9 Å². The average Bonchev–Trinajstić information content (AvgIpc) is 2.97. The van der Waals surface area contributed by atoms with Crippen LogP contribution in [-0.2, 0) is 6.42 Å². The highest BCUT2D eigenvalue weighted by Gasteiger charge is 2.25. The topological polar surface area (TPSA) is 54.2 Å². The molecule has 0 saturated heterocycles. The second-order valence-corrected chi connectivity index (χ2v) is 5.66. The Hall–Kier alpha value is -0.940. The number of hydrogen-bond donors (Lipinski definition) is 1. The van der Waals surface area contributed by atoms with E-state index in [0.717, 1.165) is 50.6 Å². The first-order valence-electron chi connectivity index (χ1n) is 7.98. The molecule has 114 valence electrons. The van der Waals surface area contributed by atoms with Gasteiger partial charge in [0.05, 0.1) is 0 Å². The summed E-state index contributed by atoms with van der Waals surface area (Å²) in [5, 5.41) is 7.50. The number of nitrogens with one attached hydrogen (secondary N) is 1. The molecule has 0 unspecified atom stereocenters. The van der Waals surface area contributed by atoms with Gasteiger partial charge in [-0.2, -0.15) is 4.98 Å². The Morgan fingerprint density at radius 1 is 1.20 bits per heavy atom. The minimum Gasteiger partial charge on any atom is -0.339 e. The molecule has 0 aliphatic heterocycles. The molecule has 5 nitrogen and oxygen atoms in total. The first-order chi connectivity index (χ1) is 9.76. The minimum absolute atomic E-state index is 0.467. The molecular formula is C15H28N4O. The van der Waals surface area contributed by atoms with Crippen molar-refractivity contribution < 1.29 is 4.52 Å². The van der Waals surface area contributed by atoms with Gasteiger partial charge in [-0.15, -0.1) is 0 Å². The summed E-state index contributed by atoms with van der Waals surface area (Å²) in [7, 11) is 2.04. The van der Waals surface area contributed by atoms with E-state index in [0.29, 0.717) is 12.0 Å². The lowest BCUT2D eigenvalue weighted by Crippen LogP contribution is -2.29. The normalized spacial score (nSPS) is 23.4. The van der Waals surface area contributed by atoms with Gasteiger partial charge >= 0.3 is 0 Å². The zero-order valence-electron chi connectivity index (χ0n) is 13.1. The summed E-state index contributed by atoms with van der Waals surface area (Å²) < 4.78 is 5.47. The van der Waals surface area contributed by atoms with Crippen molar-refractivity contribution in [1.82, 2.24) is 20.4 Å². The van der Waals surface area contributed by atoms with Gasteiger partial charge in [0, 0.05) is 24.9 Å². The van der Waals surface area contributed by atoms with Crippen LogP contribution >= 0.6 is 0 Å². The van der Waals surface area contributed by atoms with Crippen molar-refractivity contribution in [2.75, 3.05) is 26.7 Å². The second-order valence-electron chi connectivity index (χ2n) is 5.66.